The summed E-state index contributed by atoms with van der Waals surface area (Å²) in [6, 6.07) is 3.48. The lowest BCUT2D eigenvalue weighted by Crippen LogP contribution is -2.18. The molecule has 0 bridgehead atoms. The minimum Gasteiger partial charge on any atom is -0.319 e. The molecule has 58 valence electrons. The van der Waals surface area contributed by atoms with Crippen LogP contribution in [0.5, 0.6) is 0 Å². The van der Waals surface area contributed by atoms with E-state index >= 15 is 0 Å². The van der Waals surface area contributed by atoms with Gasteiger partial charge in [-0.1, -0.05) is 0 Å². The van der Waals surface area contributed by atoms with E-state index in [9.17, 15) is 9.59 Å². The van der Waals surface area contributed by atoms with Crippen molar-refractivity contribution in [3.63, 3.8) is 0 Å². The number of nitrogens with one attached hydrogen (secondary N) is 1. The topological polar surface area (TPSA) is 60.3 Å². The van der Waals surface area contributed by atoms with Gasteiger partial charge in [0.05, 0.1) is 0 Å². The molecule has 0 aromatic carbocycles. The lowest BCUT2D eigenvalue weighted by molar-refractivity contribution is -0.147. The zero-order valence-corrected chi connectivity index (χ0v) is 5.56. The van der Waals surface area contributed by atoms with E-state index in [1.807, 2.05) is 0 Å². The Labute approximate surface area is 62.5 Å². The average molecular weight is 154 g/mol. The predicted molar refractivity (Wildman–Crippen MR) is 35.9 cm³/mol. The van der Waals surface area contributed by atoms with Crippen LogP contribution in [0.3, 0.4) is 0 Å². The Morgan fingerprint density at radius 1 is 1.45 bits per heavy atom. The molecule has 0 radical (unpaired) electrons. The predicted octanol–water partition coefficient (Wildman–Crippen LogP) is -0.311. The second-order valence-electron chi connectivity index (χ2n) is 1.72. The molecule has 0 atom stereocenters. The normalized spacial score (nSPS) is 8.73. The van der Waals surface area contributed by atoms with Gasteiger partial charge in [0.15, 0.2) is 0 Å². The quantitative estimate of drug-likeness (QED) is 0.368. The number of aromatic nitrogens is 1. The largest absolute Gasteiger partial charge is 0.396 e. The van der Waals surface area contributed by atoms with Crippen molar-refractivity contribution in [1.29, 1.82) is 0 Å². The first-order valence-electron chi connectivity index (χ1n) is 2.88. The molecule has 1 N–H and O–H groups in total. The second kappa shape index (κ2) is 3.40. The van der Waals surface area contributed by atoms with Crippen molar-refractivity contribution in [3.8, 4) is 0 Å². The highest BCUT2D eigenvalue weighted by molar-refractivity contribution is 6.20. The van der Waals surface area contributed by atoms with Gasteiger partial charge in [0.25, 0.3) is 0 Å². The van der Waals surface area contributed by atoms with Gasteiger partial charge in [-0.2, -0.15) is 5.59 Å². The first-order valence-corrected chi connectivity index (χ1v) is 2.88. The number of aldehydes is 1. The van der Waals surface area contributed by atoms with Crippen LogP contribution in [0.2, 0.25) is 0 Å². The summed E-state index contributed by atoms with van der Waals surface area (Å²) in [5.74, 6) is -0.960. The van der Waals surface area contributed by atoms with E-state index in [1.165, 1.54) is 4.68 Å². The van der Waals surface area contributed by atoms with E-state index in [1.54, 1.807) is 24.5 Å². The van der Waals surface area contributed by atoms with Crippen LogP contribution in [0.25, 0.3) is 0 Å². The molecule has 11 heavy (non-hydrogen) atoms. The molecule has 1 aromatic rings. The number of rotatable bonds is 3. The van der Waals surface area contributed by atoms with Crippen LogP contribution in [0.4, 0.5) is 0 Å². The molecule has 5 heteroatoms. The molecular weight excluding hydrogens is 148 g/mol. The Balaban J connectivity index is 2.34. The maximum atomic E-state index is 10.2. The van der Waals surface area contributed by atoms with Crippen LogP contribution in [-0.4, -0.2) is 16.9 Å². The Hall–Kier alpha value is -1.78. The SMILES string of the molecule is O=CC(=O)ONn1cccc1. The molecule has 0 amide bonds. The number of carbonyl (C=O) groups is 2. The monoisotopic (exact) mass is 154 g/mol. The molecule has 1 heterocycles. The highest BCUT2D eigenvalue weighted by Crippen LogP contribution is 1.84. The summed E-state index contributed by atoms with van der Waals surface area (Å²) in [4.78, 5) is 24.2. The van der Waals surface area contributed by atoms with Gasteiger partial charge < -0.3 is 4.84 Å². The van der Waals surface area contributed by atoms with Crippen molar-refractivity contribution in [1.82, 2.24) is 4.68 Å². The van der Waals surface area contributed by atoms with E-state index in [2.05, 4.69) is 10.4 Å². The lowest BCUT2D eigenvalue weighted by Gasteiger charge is -2.02. The molecule has 0 saturated heterocycles. The highest BCUT2D eigenvalue weighted by Gasteiger charge is 1.96. The van der Waals surface area contributed by atoms with Crippen molar-refractivity contribution in [3.05, 3.63) is 24.5 Å². The molecule has 0 spiro atoms. The molecule has 0 aliphatic heterocycles. The summed E-state index contributed by atoms with van der Waals surface area (Å²) in [5.41, 5.74) is 2.21. The number of hydrogen-bond acceptors (Lipinski definition) is 4. The Bertz CT molecular complexity index is 242. The third-order valence-corrected chi connectivity index (χ3v) is 0.952. The minimum absolute atomic E-state index is 0.0799. The Kier molecular flexibility index (Phi) is 2.27. The molecule has 0 saturated carbocycles. The lowest BCUT2D eigenvalue weighted by atomic mass is 10.7. The maximum Gasteiger partial charge on any atom is 0.396 e. The minimum atomic E-state index is -0.960. The van der Waals surface area contributed by atoms with Gasteiger partial charge in [-0.05, 0) is 12.1 Å². The fourth-order valence-corrected chi connectivity index (χ4v) is 0.517. The molecule has 1 aromatic heterocycles. The van der Waals surface area contributed by atoms with Gasteiger partial charge in [-0.25, -0.2) is 9.47 Å². The van der Waals surface area contributed by atoms with Crippen molar-refractivity contribution < 1.29 is 14.4 Å². The average Bonchev–Trinajstić information content (AvgIpc) is 2.52. The molecule has 0 fully saturated rings. The molecule has 0 aliphatic rings. The number of nitrogens with zero attached hydrogens (tertiary/aromatic N) is 1. The van der Waals surface area contributed by atoms with Gasteiger partial charge in [0, 0.05) is 12.4 Å². The molecule has 0 aliphatic carbocycles. The molecule has 5 nitrogen and oxygen atoms in total. The fourth-order valence-electron chi connectivity index (χ4n) is 0.517. The smallest absolute Gasteiger partial charge is 0.319 e. The molecular formula is C6H6N2O3. The van der Waals surface area contributed by atoms with Gasteiger partial charge in [-0.15, -0.1) is 0 Å². The first kappa shape index (κ1) is 7.33. The third-order valence-electron chi connectivity index (χ3n) is 0.952. The van der Waals surface area contributed by atoms with Crippen LogP contribution in [-0.2, 0) is 14.4 Å². The maximum absolute atomic E-state index is 10.2. The molecule has 0 unspecified atom stereocenters. The standard InChI is InChI=1S/C6H6N2O3/c9-5-6(10)11-7-8-3-1-2-4-8/h1-5,7H. The fraction of sp³-hybridized carbons (Fsp3) is 0. The zero-order valence-electron chi connectivity index (χ0n) is 5.56. The number of hydrogen-bond donors (Lipinski definition) is 1. The van der Waals surface area contributed by atoms with Gasteiger partial charge >= 0.3 is 5.97 Å². The van der Waals surface area contributed by atoms with Crippen molar-refractivity contribution in [2.45, 2.75) is 0 Å². The number of carbonyl (C=O) groups excluding carboxylic acids is 2. The summed E-state index contributed by atoms with van der Waals surface area (Å²) in [6.45, 7) is 0. The summed E-state index contributed by atoms with van der Waals surface area (Å²) >= 11 is 0. The van der Waals surface area contributed by atoms with Crippen molar-refractivity contribution >= 4 is 12.3 Å². The van der Waals surface area contributed by atoms with Crippen LogP contribution >= 0.6 is 0 Å². The summed E-state index contributed by atoms with van der Waals surface area (Å²) in [7, 11) is 0. The van der Waals surface area contributed by atoms with Gasteiger partial charge in [0.2, 0.25) is 6.29 Å². The third kappa shape index (κ3) is 2.13. The van der Waals surface area contributed by atoms with E-state index in [0.717, 1.165) is 0 Å². The zero-order chi connectivity index (χ0) is 8.10. The van der Waals surface area contributed by atoms with E-state index in [0.29, 0.717) is 0 Å². The Morgan fingerprint density at radius 3 is 2.64 bits per heavy atom. The van der Waals surface area contributed by atoms with E-state index in [4.69, 9.17) is 0 Å². The summed E-state index contributed by atoms with van der Waals surface area (Å²) in [5, 5.41) is 0. The summed E-state index contributed by atoms with van der Waals surface area (Å²) in [6.07, 6.45) is 3.33. The first-order chi connectivity index (χ1) is 5.33. The van der Waals surface area contributed by atoms with Crippen LogP contribution in [0, 0.1) is 0 Å². The Morgan fingerprint density at radius 2 is 2.09 bits per heavy atom. The summed E-state index contributed by atoms with van der Waals surface area (Å²) < 4.78 is 1.39. The highest BCUT2D eigenvalue weighted by atomic mass is 16.7. The van der Waals surface area contributed by atoms with Crippen LogP contribution in [0.15, 0.2) is 24.5 Å². The van der Waals surface area contributed by atoms with Crippen molar-refractivity contribution in [2.24, 2.45) is 0 Å². The van der Waals surface area contributed by atoms with Crippen LogP contribution < -0.4 is 5.59 Å². The van der Waals surface area contributed by atoms with E-state index in [-0.39, 0.29) is 6.29 Å². The molecule has 1 rings (SSSR count). The van der Waals surface area contributed by atoms with E-state index < -0.39 is 5.97 Å². The van der Waals surface area contributed by atoms with Crippen molar-refractivity contribution in [2.75, 3.05) is 5.59 Å². The van der Waals surface area contributed by atoms with Gasteiger partial charge in [0.1, 0.15) is 0 Å². The second-order valence-corrected chi connectivity index (χ2v) is 1.72. The van der Waals surface area contributed by atoms with Crippen LogP contribution in [0.1, 0.15) is 0 Å². The van der Waals surface area contributed by atoms with Gasteiger partial charge in [-0.3, -0.25) is 4.79 Å².